The van der Waals surface area contributed by atoms with Crippen molar-refractivity contribution in [3.63, 3.8) is 0 Å². The van der Waals surface area contributed by atoms with Crippen molar-refractivity contribution >= 4 is 5.91 Å². The van der Waals surface area contributed by atoms with Crippen molar-refractivity contribution in [3.05, 3.63) is 29.6 Å². The molecule has 1 aromatic heterocycles. The maximum absolute atomic E-state index is 12.2. The molecule has 1 fully saturated rings. The zero-order chi connectivity index (χ0) is 13.0. The zero-order valence-corrected chi connectivity index (χ0v) is 10.2. The SMILES string of the molecule is NCc1ccnc(C(=O)N2CCNCC(O)C2)c1. The Bertz CT molecular complexity index is 424. The Morgan fingerprint density at radius 2 is 2.50 bits per heavy atom. The Kier molecular flexibility index (Phi) is 4.24. The molecule has 1 aliphatic heterocycles. The maximum Gasteiger partial charge on any atom is 0.272 e. The molecule has 1 unspecified atom stereocenters. The third kappa shape index (κ3) is 3.04. The lowest BCUT2D eigenvalue weighted by Gasteiger charge is -2.21. The number of hydrogen-bond acceptors (Lipinski definition) is 5. The average Bonchev–Trinajstić information content (AvgIpc) is 2.62. The van der Waals surface area contributed by atoms with Crippen LogP contribution in [0.25, 0.3) is 0 Å². The minimum Gasteiger partial charge on any atom is -0.390 e. The summed E-state index contributed by atoms with van der Waals surface area (Å²) in [4.78, 5) is 17.9. The van der Waals surface area contributed by atoms with Gasteiger partial charge in [-0.2, -0.15) is 0 Å². The summed E-state index contributed by atoms with van der Waals surface area (Å²) in [6.07, 6.45) is 1.05. The fraction of sp³-hybridized carbons (Fsp3) is 0.500. The number of nitrogens with one attached hydrogen (secondary N) is 1. The highest BCUT2D eigenvalue weighted by atomic mass is 16.3. The quantitative estimate of drug-likeness (QED) is 0.623. The Morgan fingerprint density at radius 3 is 3.28 bits per heavy atom. The van der Waals surface area contributed by atoms with E-state index < -0.39 is 6.10 Å². The highest BCUT2D eigenvalue weighted by molar-refractivity contribution is 5.92. The molecule has 0 aromatic carbocycles. The number of hydrogen-bond donors (Lipinski definition) is 3. The first-order valence-corrected chi connectivity index (χ1v) is 6.03. The molecule has 0 spiro atoms. The highest BCUT2D eigenvalue weighted by Gasteiger charge is 2.22. The van der Waals surface area contributed by atoms with E-state index in [0.29, 0.717) is 38.4 Å². The van der Waals surface area contributed by atoms with Gasteiger partial charge in [-0.05, 0) is 17.7 Å². The molecule has 98 valence electrons. The summed E-state index contributed by atoms with van der Waals surface area (Å²) in [5.74, 6) is -0.159. The normalized spacial score (nSPS) is 20.6. The lowest BCUT2D eigenvalue weighted by atomic mass is 10.2. The number of nitrogens with zero attached hydrogens (tertiary/aromatic N) is 2. The number of amides is 1. The van der Waals surface area contributed by atoms with Crippen LogP contribution in [0.1, 0.15) is 16.1 Å². The molecule has 1 atom stereocenters. The predicted molar refractivity (Wildman–Crippen MR) is 66.9 cm³/mol. The van der Waals surface area contributed by atoms with Crippen molar-refractivity contribution < 1.29 is 9.90 Å². The predicted octanol–water partition coefficient (Wildman–Crippen LogP) is -1.05. The Morgan fingerprint density at radius 1 is 1.67 bits per heavy atom. The van der Waals surface area contributed by atoms with Crippen LogP contribution in [-0.2, 0) is 6.54 Å². The van der Waals surface area contributed by atoms with E-state index in [2.05, 4.69) is 10.3 Å². The lowest BCUT2D eigenvalue weighted by molar-refractivity contribution is 0.0667. The zero-order valence-electron chi connectivity index (χ0n) is 10.2. The summed E-state index contributed by atoms with van der Waals surface area (Å²) < 4.78 is 0. The van der Waals surface area contributed by atoms with Crippen molar-refractivity contribution in [1.82, 2.24) is 15.2 Å². The summed E-state index contributed by atoms with van der Waals surface area (Å²) in [5.41, 5.74) is 6.80. The maximum atomic E-state index is 12.2. The first kappa shape index (κ1) is 12.9. The number of aromatic nitrogens is 1. The van der Waals surface area contributed by atoms with Crippen LogP contribution in [0.3, 0.4) is 0 Å². The smallest absolute Gasteiger partial charge is 0.272 e. The molecule has 4 N–H and O–H groups in total. The van der Waals surface area contributed by atoms with Gasteiger partial charge in [0.2, 0.25) is 0 Å². The second-order valence-electron chi connectivity index (χ2n) is 4.36. The van der Waals surface area contributed by atoms with Crippen LogP contribution in [0.5, 0.6) is 0 Å². The van der Waals surface area contributed by atoms with Gasteiger partial charge in [-0.3, -0.25) is 9.78 Å². The van der Waals surface area contributed by atoms with Crippen LogP contribution in [0, 0.1) is 0 Å². The van der Waals surface area contributed by atoms with Crippen molar-refractivity contribution in [1.29, 1.82) is 0 Å². The molecule has 0 radical (unpaired) electrons. The van der Waals surface area contributed by atoms with Crippen LogP contribution in [0.15, 0.2) is 18.3 Å². The lowest BCUT2D eigenvalue weighted by Crippen LogP contribution is -2.38. The fourth-order valence-corrected chi connectivity index (χ4v) is 1.96. The van der Waals surface area contributed by atoms with E-state index in [1.165, 1.54) is 0 Å². The van der Waals surface area contributed by atoms with E-state index in [9.17, 15) is 9.90 Å². The molecule has 6 heteroatoms. The van der Waals surface area contributed by atoms with E-state index in [-0.39, 0.29) is 5.91 Å². The number of rotatable bonds is 2. The van der Waals surface area contributed by atoms with Crippen LogP contribution < -0.4 is 11.1 Å². The van der Waals surface area contributed by atoms with Crippen molar-refractivity contribution in [2.24, 2.45) is 5.73 Å². The molecule has 0 saturated carbocycles. The molecule has 6 nitrogen and oxygen atoms in total. The van der Waals surface area contributed by atoms with Crippen LogP contribution >= 0.6 is 0 Å². The second kappa shape index (κ2) is 5.90. The number of nitrogens with two attached hydrogens (primary N) is 1. The molecule has 18 heavy (non-hydrogen) atoms. The number of aliphatic hydroxyl groups excluding tert-OH is 1. The van der Waals surface area contributed by atoms with E-state index in [4.69, 9.17) is 5.73 Å². The first-order chi connectivity index (χ1) is 8.70. The Labute approximate surface area is 106 Å². The van der Waals surface area contributed by atoms with Gasteiger partial charge in [0.15, 0.2) is 0 Å². The first-order valence-electron chi connectivity index (χ1n) is 6.03. The van der Waals surface area contributed by atoms with Crippen molar-refractivity contribution in [3.8, 4) is 0 Å². The van der Waals surface area contributed by atoms with Gasteiger partial charge in [0.05, 0.1) is 6.10 Å². The molecule has 2 heterocycles. The van der Waals surface area contributed by atoms with Gasteiger partial charge in [0.25, 0.3) is 5.91 Å². The highest BCUT2D eigenvalue weighted by Crippen LogP contribution is 2.07. The van der Waals surface area contributed by atoms with Gasteiger partial charge in [-0.15, -0.1) is 0 Å². The summed E-state index contributed by atoms with van der Waals surface area (Å²) >= 11 is 0. The van der Waals surface area contributed by atoms with Crippen molar-refractivity contribution in [2.75, 3.05) is 26.2 Å². The van der Waals surface area contributed by atoms with Gasteiger partial charge in [0.1, 0.15) is 5.69 Å². The number of carbonyl (C=O) groups is 1. The Hall–Kier alpha value is -1.50. The monoisotopic (exact) mass is 250 g/mol. The molecule has 0 bridgehead atoms. The van der Waals surface area contributed by atoms with E-state index in [1.54, 1.807) is 23.2 Å². The largest absolute Gasteiger partial charge is 0.390 e. The average molecular weight is 250 g/mol. The summed E-state index contributed by atoms with van der Waals surface area (Å²) in [6, 6.07) is 3.49. The van der Waals surface area contributed by atoms with Crippen LogP contribution in [-0.4, -0.2) is 53.2 Å². The minimum absolute atomic E-state index is 0.159. The van der Waals surface area contributed by atoms with E-state index in [0.717, 1.165) is 5.56 Å². The fourth-order valence-electron chi connectivity index (χ4n) is 1.96. The van der Waals surface area contributed by atoms with Crippen LogP contribution in [0.2, 0.25) is 0 Å². The van der Waals surface area contributed by atoms with Gasteiger partial charge < -0.3 is 21.1 Å². The number of β-amino-alcohol motifs (C(OH)–C–C–N with tert-alkyl or cyclic N) is 1. The molecular weight excluding hydrogens is 232 g/mol. The third-order valence-corrected chi connectivity index (χ3v) is 2.94. The van der Waals surface area contributed by atoms with E-state index in [1.807, 2.05) is 0 Å². The number of pyridine rings is 1. The topological polar surface area (TPSA) is 91.5 Å². The molecule has 0 aliphatic carbocycles. The van der Waals surface area contributed by atoms with Gasteiger partial charge in [-0.1, -0.05) is 0 Å². The molecule has 1 saturated heterocycles. The number of aliphatic hydroxyl groups is 1. The standard InChI is InChI=1S/C12H18N4O2/c13-6-9-1-2-15-11(5-9)12(18)16-4-3-14-7-10(17)8-16/h1-2,5,10,14,17H,3-4,6-8,13H2. The molecule has 1 aliphatic rings. The van der Waals surface area contributed by atoms with Crippen LogP contribution in [0.4, 0.5) is 0 Å². The molecule has 1 amide bonds. The van der Waals surface area contributed by atoms with Crippen molar-refractivity contribution in [2.45, 2.75) is 12.6 Å². The summed E-state index contributed by atoms with van der Waals surface area (Å²) in [7, 11) is 0. The molecular formula is C12H18N4O2. The minimum atomic E-state index is -0.533. The van der Waals surface area contributed by atoms with E-state index >= 15 is 0 Å². The Balaban J connectivity index is 2.13. The third-order valence-electron chi connectivity index (χ3n) is 2.94. The summed E-state index contributed by atoms with van der Waals surface area (Å²) in [6.45, 7) is 2.48. The second-order valence-corrected chi connectivity index (χ2v) is 4.36. The summed E-state index contributed by atoms with van der Waals surface area (Å²) in [5, 5.41) is 12.7. The number of carbonyl (C=O) groups excluding carboxylic acids is 1. The molecule has 1 aromatic rings. The van der Waals surface area contributed by atoms with Gasteiger partial charge in [-0.25, -0.2) is 0 Å². The van der Waals surface area contributed by atoms with Gasteiger partial charge in [0, 0.05) is 38.9 Å². The molecule has 2 rings (SSSR count). The van der Waals surface area contributed by atoms with Gasteiger partial charge >= 0.3 is 0 Å².